The van der Waals surface area contributed by atoms with Crippen molar-refractivity contribution in [3.8, 4) is 11.5 Å². The fraction of sp³-hybridized carbons (Fsp3) is 0.515. The number of hydrogen-bond acceptors (Lipinski definition) is 7. The van der Waals surface area contributed by atoms with Crippen molar-refractivity contribution in [3.05, 3.63) is 58.7 Å². The summed E-state index contributed by atoms with van der Waals surface area (Å²) >= 11 is 0. The smallest absolute Gasteiger partial charge is 0.261 e. The number of fused-ring (bicyclic) bond motifs is 2. The van der Waals surface area contributed by atoms with E-state index in [2.05, 4.69) is 27.7 Å². The summed E-state index contributed by atoms with van der Waals surface area (Å²) in [7, 11) is -3.87. The first-order valence-electron chi connectivity index (χ1n) is 16.1. The minimum absolute atomic E-state index is 0.294. The molecular formula is C33H46N2O7Si2. The lowest BCUT2D eigenvalue weighted by Crippen LogP contribution is -2.42. The Morgan fingerprint density at radius 1 is 0.545 bits per heavy atom. The molecule has 0 saturated heterocycles. The zero-order valence-electron chi connectivity index (χ0n) is 27.0. The molecule has 0 bridgehead atoms. The second kappa shape index (κ2) is 14.3. The first kappa shape index (κ1) is 33.8. The van der Waals surface area contributed by atoms with Gasteiger partial charge in [0.15, 0.2) is 16.6 Å². The van der Waals surface area contributed by atoms with E-state index in [-0.39, 0.29) is 23.6 Å². The molecule has 238 valence electrons. The van der Waals surface area contributed by atoms with Crippen LogP contribution in [0.2, 0.25) is 36.3 Å². The van der Waals surface area contributed by atoms with Crippen LogP contribution >= 0.6 is 0 Å². The van der Waals surface area contributed by atoms with Crippen molar-refractivity contribution in [2.24, 2.45) is 0 Å². The molecule has 0 fully saturated rings. The molecular weight excluding hydrogens is 593 g/mol. The molecule has 11 heteroatoms. The third kappa shape index (κ3) is 6.61. The molecule has 0 aromatic heterocycles. The average Bonchev–Trinajstić information content (AvgIpc) is 3.41. The molecule has 0 aliphatic carbocycles. The molecule has 2 aromatic rings. The van der Waals surface area contributed by atoms with Crippen molar-refractivity contribution in [1.82, 2.24) is 9.80 Å². The largest absolute Gasteiger partial charge is 0.457 e. The molecule has 2 aromatic carbocycles. The Balaban J connectivity index is 1.44. The normalized spacial score (nSPS) is 15.0. The molecule has 44 heavy (non-hydrogen) atoms. The van der Waals surface area contributed by atoms with Gasteiger partial charge < -0.3 is 13.6 Å². The van der Waals surface area contributed by atoms with E-state index in [1.807, 2.05) is 13.8 Å². The topological polar surface area (TPSA) is 102 Å². The Bertz CT molecular complexity index is 1400. The van der Waals surface area contributed by atoms with Gasteiger partial charge in [-0.1, -0.05) is 27.7 Å². The van der Waals surface area contributed by atoms with Crippen molar-refractivity contribution in [2.45, 2.75) is 84.2 Å². The highest BCUT2D eigenvalue weighted by atomic mass is 28.4. The van der Waals surface area contributed by atoms with Crippen LogP contribution in [0, 0.1) is 0 Å². The highest BCUT2D eigenvalue weighted by Gasteiger charge is 2.40. The van der Waals surface area contributed by atoms with Crippen molar-refractivity contribution < 1.29 is 32.8 Å². The van der Waals surface area contributed by atoms with Crippen LogP contribution in [0.3, 0.4) is 0 Å². The molecule has 4 amide bonds. The highest BCUT2D eigenvalue weighted by molar-refractivity contribution is 6.74. The molecule has 0 radical (unpaired) electrons. The number of ether oxygens (including phenoxy) is 1. The van der Waals surface area contributed by atoms with Crippen molar-refractivity contribution in [1.29, 1.82) is 0 Å². The Kier molecular flexibility index (Phi) is 11.0. The number of benzene rings is 2. The SMILES string of the molecule is CCO[Si](CC)(CC)CCCN1C(=O)c2ccc(Oc3ccc4c(c3)C(=O)N(CC[Si](CC)(CC)OCC)C4=O)cc2C1=O. The third-order valence-electron chi connectivity index (χ3n) is 9.40. The average molecular weight is 639 g/mol. The van der Waals surface area contributed by atoms with Gasteiger partial charge >= 0.3 is 0 Å². The van der Waals surface area contributed by atoms with E-state index in [4.69, 9.17) is 13.6 Å². The zero-order valence-corrected chi connectivity index (χ0v) is 29.0. The van der Waals surface area contributed by atoms with E-state index >= 15 is 0 Å². The molecule has 0 unspecified atom stereocenters. The first-order chi connectivity index (χ1) is 21.1. The second-order valence-corrected chi connectivity index (χ2v) is 20.7. The molecule has 2 aliphatic heterocycles. The first-order valence-corrected chi connectivity index (χ1v) is 21.1. The Labute approximate surface area is 263 Å². The second-order valence-electron chi connectivity index (χ2n) is 11.5. The standard InChI is InChI=1S/C33H46N2O7Si2/c1-7-40-43(9-3,10-4)20-13-18-34-30(36)26-16-14-24(22-28(26)32(34)38)42-25-15-17-27-29(23-25)33(39)35(31(27)37)19-21-44(11-5,12-6)41-8-2/h14-17,22-23H,7-13,18-21H2,1-6H3. The van der Waals surface area contributed by atoms with E-state index < -0.39 is 16.6 Å². The van der Waals surface area contributed by atoms with Crippen LogP contribution in [0.1, 0.15) is 89.4 Å². The van der Waals surface area contributed by atoms with Gasteiger partial charge in [-0.15, -0.1) is 0 Å². The summed E-state index contributed by atoms with van der Waals surface area (Å²) in [5.74, 6) is -0.518. The Morgan fingerprint density at radius 2 is 0.955 bits per heavy atom. The Hall–Kier alpha value is -3.13. The van der Waals surface area contributed by atoms with Gasteiger partial charge in [0.2, 0.25) is 0 Å². The maximum Gasteiger partial charge on any atom is 0.261 e. The number of carbonyl (C=O) groups is 4. The van der Waals surface area contributed by atoms with Crippen LogP contribution in [0.15, 0.2) is 36.4 Å². The fourth-order valence-corrected chi connectivity index (χ4v) is 12.6. The van der Waals surface area contributed by atoms with Gasteiger partial charge in [0.05, 0.1) is 22.3 Å². The number of carbonyl (C=O) groups excluding carboxylic acids is 4. The number of rotatable bonds is 17. The Morgan fingerprint density at radius 3 is 1.39 bits per heavy atom. The predicted molar refractivity (Wildman–Crippen MR) is 175 cm³/mol. The number of imide groups is 2. The van der Waals surface area contributed by atoms with Crippen LogP contribution in [0.5, 0.6) is 11.5 Å². The van der Waals surface area contributed by atoms with Crippen molar-refractivity contribution in [2.75, 3.05) is 26.3 Å². The molecule has 0 spiro atoms. The summed E-state index contributed by atoms with van der Waals surface area (Å²) in [6, 6.07) is 15.1. The van der Waals surface area contributed by atoms with Gasteiger partial charge in [-0.05, 0) is 92.9 Å². The molecule has 0 saturated carbocycles. The number of nitrogens with zero attached hydrogens (tertiary/aromatic N) is 2. The number of amides is 4. The fourth-order valence-electron chi connectivity index (χ4n) is 6.46. The molecule has 4 rings (SSSR count). The van der Waals surface area contributed by atoms with E-state index in [1.54, 1.807) is 36.4 Å². The summed E-state index contributed by atoms with van der Waals surface area (Å²) in [6.45, 7) is 14.6. The van der Waals surface area contributed by atoms with E-state index in [0.717, 1.165) is 30.2 Å². The summed E-state index contributed by atoms with van der Waals surface area (Å²) in [5.41, 5.74) is 1.32. The van der Waals surface area contributed by atoms with Crippen LogP contribution < -0.4 is 4.74 Å². The maximum atomic E-state index is 13.3. The molecule has 0 atom stereocenters. The van der Waals surface area contributed by atoms with Crippen molar-refractivity contribution in [3.63, 3.8) is 0 Å². The van der Waals surface area contributed by atoms with Crippen LogP contribution in [-0.4, -0.2) is 76.4 Å². The summed E-state index contributed by atoms with van der Waals surface area (Å²) in [5, 5.41) is 0. The third-order valence-corrected chi connectivity index (χ3v) is 18.8. The van der Waals surface area contributed by atoms with E-state index in [9.17, 15) is 19.2 Å². The molecule has 2 aliphatic rings. The number of hydrogen-bond donors (Lipinski definition) is 0. The lowest BCUT2D eigenvalue weighted by Gasteiger charge is -2.30. The monoisotopic (exact) mass is 638 g/mol. The zero-order chi connectivity index (χ0) is 32.1. The van der Waals surface area contributed by atoms with Gasteiger partial charge in [0.25, 0.3) is 23.6 Å². The van der Waals surface area contributed by atoms with Crippen LogP contribution in [-0.2, 0) is 8.85 Å². The summed E-state index contributed by atoms with van der Waals surface area (Å²) in [4.78, 5) is 55.4. The summed E-state index contributed by atoms with van der Waals surface area (Å²) < 4.78 is 18.3. The van der Waals surface area contributed by atoms with Crippen LogP contribution in [0.25, 0.3) is 0 Å². The summed E-state index contributed by atoms with van der Waals surface area (Å²) in [6.07, 6.45) is 0.716. The highest BCUT2D eigenvalue weighted by Crippen LogP contribution is 2.34. The molecule has 0 N–H and O–H groups in total. The minimum atomic E-state index is -2.01. The predicted octanol–water partition coefficient (Wildman–Crippen LogP) is 7.10. The van der Waals surface area contributed by atoms with Crippen molar-refractivity contribution >= 4 is 40.3 Å². The van der Waals surface area contributed by atoms with Gasteiger partial charge in [0.1, 0.15) is 11.5 Å². The quantitative estimate of drug-likeness (QED) is 0.134. The van der Waals surface area contributed by atoms with Gasteiger partial charge in [-0.25, -0.2) is 0 Å². The van der Waals surface area contributed by atoms with E-state index in [0.29, 0.717) is 72.5 Å². The lowest BCUT2D eigenvalue weighted by molar-refractivity contribution is 0.0641. The van der Waals surface area contributed by atoms with Crippen LogP contribution in [0.4, 0.5) is 0 Å². The maximum absolute atomic E-state index is 13.3. The van der Waals surface area contributed by atoms with E-state index in [1.165, 1.54) is 9.80 Å². The lowest BCUT2D eigenvalue weighted by atomic mass is 10.1. The van der Waals surface area contributed by atoms with Gasteiger partial charge in [-0.3, -0.25) is 29.0 Å². The van der Waals surface area contributed by atoms with Gasteiger partial charge in [0, 0.05) is 26.3 Å². The minimum Gasteiger partial charge on any atom is -0.457 e. The molecule has 2 heterocycles. The molecule has 9 nitrogen and oxygen atoms in total. The van der Waals surface area contributed by atoms with Gasteiger partial charge in [-0.2, -0.15) is 0 Å².